The van der Waals surface area contributed by atoms with Crippen LogP contribution in [0.15, 0.2) is 0 Å². The van der Waals surface area contributed by atoms with E-state index >= 15 is 0 Å². The Morgan fingerprint density at radius 2 is 1.76 bits per heavy atom. The van der Waals surface area contributed by atoms with Crippen molar-refractivity contribution >= 4 is 5.91 Å². The maximum Gasteiger partial charge on any atom is 0.225 e. The topological polar surface area (TPSA) is 44.1 Å². The lowest BCUT2D eigenvalue weighted by Crippen LogP contribution is -2.38. The van der Waals surface area contributed by atoms with Gasteiger partial charge >= 0.3 is 0 Å². The minimum absolute atomic E-state index is 0.0807. The smallest absolute Gasteiger partial charge is 0.225 e. The van der Waals surface area contributed by atoms with Gasteiger partial charge in [-0.3, -0.25) is 4.79 Å². The van der Waals surface area contributed by atoms with Crippen LogP contribution in [0.3, 0.4) is 0 Å². The van der Waals surface area contributed by atoms with E-state index in [2.05, 4.69) is 19.9 Å². The molecule has 0 N–H and O–H groups in total. The number of hydrogen-bond donors (Lipinski definition) is 0. The Balaban J connectivity index is 4.52. The van der Waals surface area contributed by atoms with Crippen LogP contribution in [0.1, 0.15) is 53.4 Å². The van der Waals surface area contributed by atoms with Gasteiger partial charge in [-0.1, -0.05) is 26.7 Å². The van der Waals surface area contributed by atoms with Crippen LogP contribution >= 0.6 is 0 Å². The Morgan fingerprint density at radius 1 is 1.24 bits per heavy atom. The first kappa shape index (κ1) is 16.0. The average molecular weight is 238 g/mol. The minimum atomic E-state index is -0.0807. The van der Waals surface area contributed by atoms with Crippen LogP contribution in [-0.4, -0.2) is 23.9 Å². The van der Waals surface area contributed by atoms with Gasteiger partial charge in [-0.15, -0.1) is 0 Å². The zero-order chi connectivity index (χ0) is 13.3. The molecule has 0 aromatic carbocycles. The lowest BCUT2D eigenvalue weighted by molar-refractivity contribution is -0.136. The summed E-state index contributed by atoms with van der Waals surface area (Å²) in [7, 11) is 0. The molecule has 0 aromatic heterocycles. The van der Waals surface area contributed by atoms with Gasteiger partial charge in [0.15, 0.2) is 0 Å². The Kier molecular flexibility index (Phi) is 8.49. The van der Waals surface area contributed by atoms with E-state index in [0.717, 1.165) is 25.7 Å². The predicted octanol–water partition coefficient (Wildman–Crippen LogP) is 3.21. The van der Waals surface area contributed by atoms with Crippen LogP contribution in [0.4, 0.5) is 0 Å². The Bertz CT molecular complexity index is 251. The van der Waals surface area contributed by atoms with Crippen molar-refractivity contribution in [2.24, 2.45) is 11.8 Å². The lowest BCUT2D eigenvalue weighted by atomic mass is 9.96. The monoisotopic (exact) mass is 238 g/mol. The summed E-state index contributed by atoms with van der Waals surface area (Å²) in [6.45, 7) is 9.35. The zero-order valence-electron chi connectivity index (χ0n) is 11.7. The van der Waals surface area contributed by atoms with Gasteiger partial charge in [0.1, 0.15) is 0 Å². The van der Waals surface area contributed by atoms with E-state index in [-0.39, 0.29) is 17.7 Å². The van der Waals surface area contributed by atoms with E-state index in [9.17, 15) is 4.79 Å². The maximum absolute atomic E-state index is 12.3. The maximum atomic E-state index is 12.3. The predicted molar refractivity (Wildman–Crippen MR) is 70.3 cm³/mol. The SMILES string of the molecule is CCCC(CCC)C(=O)N(CC)CC(C)C#N. The molecule has 0 aliphatic carbocycles. The highest BCUT2D eigenvalue weighted by Gasteiger charge is 2.22. The van der Waals surface area contributed by atoms with Crippen molar-refractivity contribution in [1.82, 2.24) is 4.90 Å². The van der Waals surface area contributed by atoms with E-state index in [4.69, 9.17) is 5.26 Å². The third-order valence-corrected chi connectivity index (χ3v) is 3.03. The molecule has 0 heterocycles. The highest BCUT2D eigenvalue weighted by Crippen LogP contribution is 2.17. The van der Waals surface area contributed by atoms with Gasteiger partial charge < -0.3 is 4.90 Å². The van der Waals surface area contributed by atoms with Crippen molar-refractivity contribution in [2.75, 3.05) is 13.1 Å². The summed E-state index contributed by atoms with van der Waals surface area (Å²) in [5, 5.41) is 8.82. The van der Waals surface area contributed by atoms with Gasteiger partial charge in [0.2, 0.25) is 5.91 Å². The Labute approximate surface area is 106 Å². The second-order valence-electron chi connectivity index (χ2n) is 4.68. The number of nitriles is 1. The van der Waals surface area contributed by atoms with E-state index < -0.39 is 0 Å². The third-order valence-electron chi connectivity index (χ3n) is 3.03. The number of carbonyl (C=O) groups is 1. The molecule has 1 amide bonds. The summed E-state index contributed by atoms with van der Waals surface area (Å²) < 4.78 is 0. The molecular weight excluding hydrogens is 212 g/mol. The fourth-order valence-electron chi connectivity index (χ4n) is 2.09. The number of nitrogens with zero attached hydrogens (tertiary/aromatic N) is 2. The number of carbonyl (C=O) groups excluding carboxylic acids is 1. The van der Waals surface area contributed by atoms with Crippen molar-refractivity contribution < 1.29 is 4.79 Å². The summed E-state index contributed by atoms with van der Waals surface area (Å²) in [5.41, 5.74) is 0. The zero-order valence-corrected chi connectivity index (χ0v) is 11.7. The number of hydrogen-bond acceptors (Lipinski definition) is 2. The van der Waals surface area contributed by atoms with Gasteiger partial charge in [0.25, 0.3) is 0 Å². The summed E-state index contributed by atoms with van der Waals surface area (Å²) in [5.74, 6) is 0.303. The first-order chi connectivity index (χ1) is 8.10. The van der Waals surface area contributed by atoms with E-state index in [0.29, 0.717) is 13.1 Å². The average Bonchev–Trinajstić information content (AvgIpc) is 2.34. The minimum Gasteiger partial charge on any atom is -0.341 e. The summed E-state index contributed by atoms with van der Waals surface area (Å²) in [6, 6.07) is 2.19. The molecule has 98 valence electrons. The Hall–Kier alpha value is -1.04. The van der Waals surface area contributed by atoms with E-state index in [1.54, 1.807) is 0 Å². The van der Waals surface area contributed by atoms with Gasteiger partial charge in [-0.05, 0) is 26.7 Å². The molecule has 0 aromatic rings. The first-order valence-electron chi connectivity index (χ1n) is 6.78. The molecule has 17 heavy (non-hydrogen) atoms. The van der Waals surface area contributed by atoms with Gasteiger partial charge in [-0.2, -0.15) is 5.26 Å². The van der Waals surface area contributed by atoms with Crippen molar-refractivity contribution in [3.63, 3.8) is 0 Å². The van der Waals surface area contributed by atoms with Crippen LogP contribution in [0.2, 0.25) is 0 Å². The standard InChI is InChI=1S/C14H26N2O/c1-5-8-13(9-6-2)14(17)16(7-3)11-12(4)10-15/h12-13H,5-9,11H2,1-4H3. The third kappa shape index (κ3) is 5.72. The molecule has 0 aliphatic rings. The van der Waals surface area contributed by atoms with Crippen molar-refractivity contribution in [1.29, 1.82) is 5.26 Å². The van der Waals surface area contributed by atoms with Gasteiger partial charge in [0, 0.05) is 19.0 Å². The number of rotatable bonds is 8. The summed E-state index contributed by atoms with van der Waals surface area (Å²) in [4.78, 5) is 14.2. The molecule has 0 aliphatic heterocycles. The van der Waals surface area contributed by atoms with E-state index in [1.165, 1.54) is 0 Å². The molecular formula is C14H26N2O. The molecule has 0 saturated carbocycles. The second kappa shape index (κ2) is 9.04. The highest BCUT2D eigenvalue weighted by atomic mass is 16.2. The molecule has 3 heteroatoms. The fraction of sp³-hybridized carbons (Fsp3) is 0.857. The molecule has 0 saturated heterocycles. The van der Waals surface area contributed by atoms with E-state index in [1.807, 2.05) is 18.7 Å². The highest BCUT2D eigenvalue weighted by molar-refractivity contribution is 5.78. The molecule has 3 nitrogen and oxygen atoms in total. The van der Waals surface area contributed by atoms with Gasteiger partial charge in [-0.25, -0.2) is 0 Å². The normalized spacial score (nSPS) is 12.2. The quantitative estimate of drug-likeness (QED) is 0.651. The molecule has 0 bridgehead atoms. The Morgan fingerprint density at radius 3 is 2.12 bits per heavy atom. The van der Waals surface area contributed by atoms with Crippen LogP contribution in [0.25, 0.3) is 0 Å². The fourth-order valence-corrected chi connectivity index (χ4v) is 2.09. The van der Waals surface area contributed by atoms with Crippen LogP contribution in [0, 0.1) is 23.2 Å². The van der Waals surface area contributed by atoms with Crippen molar-refractivity contribution in [3.05, 3.63) is 0 Å². The molecule has 0 rings (SSSR count). The van der Waals surface area contributed by atoms with Gasteiger partial charge in [0.05, 0.1) is 12.0 Å². The summed E-state index contributed by atoms with van der Waals surface area (Å²) in [6.07, 6.45) is 4.01. The van der Waals surface area contributed by atoms with Crippen molar-refractivity contribution in [2.45, 2.75) is 53.4 Å². The summed E-state index contributed by atoms with van der Waals surface area (Å²) >= 11 is 0. The van der Waals surface area contributed by atoms with Crippen LogP contribution < -0.4 is 0 Å². The molecule has 1 atom stereocenters. The second-order valence-corrected chi connectivity index (χ2v) is 4.68. The first-order valence-corrected chi connectivity index (χ1v) is 6.78. The molecule has 0 fully saturated rings. The van der Waals surface area contributed by atoms with Crippen molar-refractivity contribution in [3.8, 4) is 6.07 Å². The largest absolute Gasteiger partial charge is 0.341 e. The lowest BCUT2D eigenvalue weighted by Gasteiger charge is -2.27. The molecule has 0 radical (unpaired) electrons. The molecule has 0 spiro atoms. The molecule has 1 unspecified atom stereocenters. The number of amides is 1. The van der Waals surface area contributed by atoms with Crippen LogP contribution in [0.5, 0.6) is 0 Å². The van der Waals surface area contributed by atoms with Crippen LogP contribution in [-0.2, 0) is 4.79 Å².